The Kier molecular flexibility index (Phi) is 3.56. The molecule has 1 aliphatic rings. The Morgan fingerprint density at radius 1 is 1.75 bits per heavy atom. The van der Waals surface area contributed by atoms with Crippen LogP contribution >= 0.6 is 0 Å². The topological polar surface area (TPSA) is 69.8 Å². The second-order valence-electron chi connectivity index (χ2n) is 4.09. The molecule has 0 aliphatic carbocycles. The highest BCUT2D eigenvalue weighted by molar-refractivity contribution is 5.82. The summed E-state index contributed by atoms with van der Waals surface area (Å²) in [6.07, 6.45) is 6.33. The average Bonchev–Trinajstić information content (AvgIpc) is 2.96. The zero-order chi connectivity index (χ0) is 11.4. The van der Waals surface area contributed by atoms with Crippen LogP contribution in [-0.2, 0) is 4.79 Å². The van der Waals surface area contributed by atoms with Crippen LogP contribution in [0.2, 0.25) is 0 Å². The van der Waals surface area contributed by atoms with Crippen molar-refractivity contribution in [3.63, 3.8) is 0 Å². The van der Waals surface area contributed by atoms with Crippen molar-refractivity contribution in [2.24, 2.45) is 0 Å². The molecule has 0 spiro atoms. The van der Waals surface area contributed by atoms with E-state index in [4.69, 9.17) is 0 Å². The molecule has 2 atom stereocenters. The first kappa shape index (κ1) is 11.1. The van der Waals surface area contributed by atoms with Crippen molar-refractivity contribution in [1.29, 1.82) is 0 Å². The van der Waals surface area contributed by atoms with Crippen molar-refractivity contribution >= 4 is 5.91 Å². The van der Waals surface area contributed by atoms with Gasteiger partial charge in [-0.25, -0.2) is 4.98 Å². The smallest absolute Gasteiger partial charge is 0.237 e. The first-order chi connectivity index (χ1) is 7.81. The Bertz CT molecular complexity index is 330. The quantitative estimate of drug-likeness (QED) is 0.703. The lowest BCUT2D eigenvalue weighted by Gasteiger charge is -2.17. The summed E-state index contributed by atoms with van der Waals surface area (Å²) in [5.41, 5.74) is 0. The summed E-state index contributed by atoms with van der Waals surface area (Å²) in [5.74, 6) is 0.912. The van der Waals surface area contributed by atoms with Gasteiger partial charge < -0.3 is 15.6 Å². The lowest BCUT2D eigenvalue weighted by molar-refractivity contribution is -0.123. The van der Waals surface area contributed by atoms with Gasteiger partial charge in [-0.15, -0.1) is 0 Å². The number of imidazole rings is 1. The summed E-state index contributed by atoms with van der Waals surface area (Å²) < 4.78 is 0. The minimum Gasteiger partial charge on any atom is -0.347 e. The molecule has 2 rings (SSSR count). The van der Waals surface area contributed by atoms with E-state index in [2.05, 4.69) is 20.6 Å². The highest BCUT2D eigenvalue weighted by Gasteiger charge is 2.24. The van der Waals surface area contributed by atoms with Crippen LogP contribution in [-0.4, -0.2) is 28.5 Å². The molecule has 3 N–H and O–H groups in total. The first-order valence-corrected chi connectivity index (χ1v) is 5.84. The molecule has 1 aromatic rings. The van der Waals surface area contributed by atoms with Gasteiger partial charge in [0.25, 0.3) is 0 Å². The molecule has 1 aromatic heterocycles. The van der Waals surface area contributed by atoms with Crippen molar-refractivity contribution in [2.75, 3.05) is 6.54 Å². The predicted octanol–water partition coefficient (Wildman–Crippen LogP) is 0.729. The summed E-state index contributed by atoms with van der Waals surface area (Å²) in [5, 5.41) is 6.20. The van der Waals surface area contributed by atoms with E-state index >= 15 is 0 Å². The van der Waals surface area contributed by atoms with Crippen LogP contribution in [0.25, 0.3) is 0 Å². The van der Waals surface area contributed by atoms with E-state index in [1.54, 1.807) is 12.4 Å². The fraction of sp³-hybridized carbons (Fsp3) is 0.636. The summed E-state index contributed by atoms with van der Waals surface area (Å²) >= 11 is 0. The number of nitrogens with zero attached hydrogens (tertiary/aromatic N) is 1. The zero-order valence-electron chi connectivity index (χ0n) is 9.49. The number of hydrogen-bond donors (Lipinski definition) is 3. The molecular formula is C11H18N4O. The molecule has 1 unspecified atom stereocenters. The molecule has 1 aliphatic heterocycles. The Morgan fingerprint density at radius 3 is 3.19 bits per heavy atom. The SMILES string of the molecule is CCC(NC(=O)[C@H]1CCCN1)c1ncc[nH]1. The molecule has 88 valence electrons. The molecule has 0 aromatic carbocycles. The van der Waals surface area contributed by atoms with E-state index < -0.39 is 0 Å². The maximum atomic E-state index is 11.9. The van der Waals surface area contributed by atoms with Gasteiger partial charge in [0, 0.05) is 12.4 Å². The van der Waals surface area contributed by atoms with Crippen LogP contribution in [0.1, 0.15) is 38.1 Å². The van der Waals surface area contributed by atoms with Crippen molar-refractivity contribution in [2.45, 2.75) is 38.3 Å². The standard InChI is InChI=1S/C11H18N4O/c1-2-8(10-13-6-7-14-10)15-11(16)9-4-3-5-12-9/h6-9,12H,2-5H2,1H3,(H,13,14)(H,15,16)/t8?,9-/m1/s1. The Morgan fingerprint density at radius 2 is 2.62 bits per heavy atom. The highest BCUT2D eigenvalue weighted by atomic mass is 16.2. The lowest BCUT2D eigenvalue weighted by Crippen LogP contribution is -2.42. The van der Waals surface area contributed by atoms with Crippen molar-refractivity contribution < 1.29 is 4.79 Å². The summed E-state index contributed by atoms with van der Waals surface area (Å²) in [7, 11) is 0. The van der Waals surface area contributed by atoms with E-state index in [9.17, 15) is 4.79 Å². The third-order valence-electron chi connectivity index (χ3n) is 2.95. The summed E-state index contributed by atoms with van der Waals surface area (Å²) in [6.45, 7) is 2.98. The molecule has 1 saturated heterocycles. The van der Waals surface area contributed by atoms with Gasteiger partial charge in [0.05, 0.1) is 12.1 Å². The van der Waals surface area contributed by atoms with Crippen molar-refractivity contribution in [1.82, 2.24) is 20.6 Å². The van der Waals surface area contributed by atoms with Gasteiger partial charge in [0.15, 0.2) is 0 Å². The van der Waals surface area contributed by atoms with Gasteiger partial charge in [-0.2, -0.15) is 0 Å². The Balaban J connectivity index is 1.93. The number of rotatable bonds is 4. The van der Waals surface area contributed by atoms with Gasteiger partial charge in [-0.3, -0.25) is 4.79 Å². The second-order valence-corrected chi connectivity index (χ2v) is 4.09. The molecule has 1 amide bonds. The van der Waals surface area contributed by atoms with E-state index in [1.165, 1.54) is 0 Å². The van der Waals surface area contributed by atoms with Crippen LogP contribution < -0.4 is 10.6 Å². The van der Waals surface area contributed by atoms with Crippen LogP contribution in [0.15, 0.2) is 12.4 Å². The minimum atomic E-state index is -0.0241. The van der Waals surface area contributed by atoms with Crippen LogP contribution in [0.3, 0.4) is 0 Å². The molecular weight excluding hydrogens is 204 g/mol. The van der Waals surface area contributed by atoms with E-state index in [1.807, 2.05) is 6.92 Å². The van der Waals surface area contributed by atoms with Crippen molar-refractivity contribution in [3.05, 3.63) is 18.2 Å². The van der Waals surface area contributed by atoms with Gasteiger partial charge in [-0.1, -0.05) is 6.92 Å². The number of H-pyrrole nitrogens is 1. The van der Waals surface area contributed by atoms with Crippen LogP contribution in [0, 0.1) is 0 Å². The van der Waals surface area contributed by atoms with Crippen molar-refractivity contribution in [3.8, 4) is 0 Å². The maximum absolute atomic E-state index is 11.9. The van der Waals surface area contributed by atoms with Gasteiger partial charge in [0.2, 0.25) is 5.91 Å². The number of aromatic nitrogens is 2. The average molecular weight is 222 g/mol. The number of carbonyl (C=O) groups excluding carboxylic acids is 1. The number of hydrogen-bond acceptors (Lipinski definition) is 3. The first-order valence-electron chi connectivity index (χ1n) is 5.84. The molecule has 0 bridgehead atoms. The highest BCUT2D eigenvalue weighted by Crippen LogP contribution is 2.13. The van der Waals surface area contributed by atoms with E-state index in [-0.39, 0.29) is 18.0 Å². The molecule has 5 heteroatoms. The van der Waals surface area contributed by atoms with Crippen LogP contribution in [0.4, 0.5) is 0 Å². The molecule has 0 saturated carbocycles. The Hall–Kier alpha value is -1.36. The number of amides is 1. The lowest BCUT2D eigenvalue weighted by atomic mass is 10.1. The molecule has 0 radical (unpaired) electrons. The third kappa shape index (κ3) is 2.41. The molecule has 1 fully saturated rings. The largest absolute Gasteiger partial charge is 0.347 e. The predicted molar refractivity (Wildman–Crippen MR) is 60.8 cm³/mol. The summed E-state index contributed by atoms with van der Waals surface area (Å²) in [4.78, 5) is 19.1. The van der Waals surface area contributed by atoms with E-state index in [0.717, 1.165) is 31.6 Å². The summed E-state index contributed by atoms with van der Waals surface area (Å²) in [6, 6.07) is -0.0334. The molecule has 5 nitrogen and oxygen atoms in total. The van der Waals surface area contributed by atoms with Gasteiger partial charge >= 0.3 is 0 Å². The van der Waals surface area contributed by atoms with Gasteiger partial charge in [0.1, 0.15) is 5.82 Å². The molecule has 2 heterocycles. The molecule has 16 heavy (non-hydrogen) atoms. The fourth-order valence-electron chi connectivity index (χ4n) is 2.01. The minimum absolute atomic E-state index is 0.00935. The van der Waals surface area contributed by atoms with Crippen LogP contribution in [0.5, 0.6) is 0 Å². The fourth-order valence-corrected chi connectivity index (χ4v) is 2.01. The number of nitrogens with one attached hydrogen (secondary N) is 3. The second kappa shape index (κ2) is 5.12. The zero-order valence-corrected chi connectivity index (χ0v) is 9.49. The maximum Gasteiger partial charge on any atom is 0.237 e. The third-order valence-corrected chi connectivity index (χ3v) is 2.95. The Labute approximate surface area is 95.0 Å². The number of aromatic amines is 1. The normalized spacial score (nSPS) is 21.9. The van der Waals surface area contributed by atoms with E-state index in [0.29, 0.717) is 0 Å². The monoisotopic (exact) mass is 222 g/mol. The number of carbonyl (C=O) groups is 1. The van der Waals surface area contributed by atoms with Gasteiger partial charge in [-0.05, 0) is 25.8 Å².